The van der Waals surface area contributed by atoms with E-state index in [1.54, 1.807) is 5.57 Å². The van der Waals surface area contributed by atoms with Crippen molar-refractivity contribution < 1.29 is 0 Å². The summed E-state index contributed by atoms with van der Waals surface area (Å²) in [4.78, 5) is 0. The summed E-state index contributed by atoms with van der Waals surface area (Å²) in [6.45, 7) is 4.44. The van der Waals surface area contributed by atoms with Crippen LogP contribution < -0.4 is 0 Å². The summed E-state index contributed by atoms with van der Waals surface area (Å²) >= 11 is 0. The van der Waals surface area contributed by atoms with Gasteiger partial charge in [0.25, 0.3) is 0 Å². The maximum Gasteiger partial charge on any atom is -0.0283 e. The number of rotatable bonds is 5. The fourth-order valence-electron chi connectivity index (χ4n) is 1.31. The van der Waals surface area contributed by atoms with Gasteiger partial charge < -0.3 is 0 Å². The molecular formula is C12H20. The second kappa shape index (κ2) is 5.18. The van der Waals surface area contributed by atoms with Crippen molar-refractivity contribution in [1.29, 1.82) is 0 Å². The Morgan fingerprint density at radius 3 is 2.75 bits per heavy atom. The van der Waals surface area contributed by atoms with Crippen molar-refractivity contribution in [2.24, 2.45) is 5.92 Å². The zero-order chi connectivity index (χ0) is 8.81. The van der Waals surface area contributed by atoms with Gasteiger partial charge in [-0.05, 0) is 44.9 Å². The first-order valence-corrected chi connectivity index (χ1v) is 5.12. The molecule has 0 aromatic carbocycles. The summed E-state index contributed by atoms with van der Waals surface area (Å²) in [5.74, 6) is 0.870. The minimum atomic E-state index is 0.870. The third-order valence-corrected chi connectivity index (χ3v) is 2.41. The van der Waals surface area contributed by atoms with E-state index in [2.05, 4.69) is 32.1 Å². The Bertz CT molecular complexity index is 168. The molecule has 1 aliphatic carbocycles. The minimum Gasteiger partial charge on any atom is -0.0917 e. The van der Waals surface area contributed by atoms with Crippen LogP contribution in [0, 0.1) is 5.92 Å². The van der Waals surface area contributed by atoms with Gasteiger partial charge in [0.1, 0.15) is 0 Å². The highest BCUT2D eigenvalue weighted by Crippen LogP contribution is 2.29. The van der Waals surface area contributed by atoms with Gasteiger partial charge in [0, 0.05) is 0 Å². The van der Waals surface area contributed by atoms with Crippen LogP contribution in [0.1, 0.15) is 46.0 Å². The van der Waals surface area contributed by atoms with Crippen LogP contribution in [-0.4, -0.2) is 0 Å². The van der Waals surface area contributed by atoms with Gasteiger partial charge in [-0.2, -0.15) is 0 Å². The average Bonchev–Trinajstić information content (AvgIpc) is 2.84. The monoisotopic (exact) mass is 164 g/mol. The lowest BCUT2D eigenvalue weighted by Gasteiger charge is -2.05. The van der Waals surface area contributed by atoms with E-state index in [0.717, 1.165) is 5.92 Å². The van der Waals surface area contributed by atoms with E-state index in [9.17, 15) is 0 Å². The fourth-order valence-corrected chi connectivity index (χ4v) is 1.31. The predicted octanol–water partition coefficient (Wildman–Crippen LogP) is 4.09. The van der Waals surface area contributed by atoms with Crippen LogP contribution in [0.3, 0.4) is 0 Å². The van der Waals surface area contributed by atoms with Crippen molar-refractivity contribution in [2.45, 2.75) is 46.0 Å². The van der Waals surface area contributed by atoms with E-state index in [4.69, 9.17) is 0 Å². The predicted molar refractivity (Wildman–Crippen MR) is 55.1 cm³/mol. The SMILES string of the molecule is C/C=C/CCC(C)CC=C1CC1. The molecule has 12 heavy (non-hydrogen) atoms. The lowest BCUT2D eigenvalue weighted by atomic mass is 10.0. The van der Waals surface area contributed by atoms with Gasteiger partial charge in [-0.1, -0.05) is 30.7 Å². The van der Waals surface area contributed by atoms with Gasteiger partial charge in [0.15, 0.2) is 0 Å². The second-order valence-corrected chi connectivity index (χ2v) is 3.85. The molecule has 0 aromatic heterocycles. The summed E-state index contributed by atoms with van der Waals surface area (Å²) in [7, 11) is 0. The fraction of sp³-hybridized carbons (Fsp3) is 0.667. The number of hydrogen-bond donors (Lipinski definition) is 0. The van der Waals surface area contributed by atoms with Crippen LogP contribution in [-0.2, 0) is 0 Å². The largest absolute Gasteiger partial charge is 0.0917 e. The molecule has 0 nitrogen and oxygen atoms in total. The molecular weight excluding hydrogens is 144 g/mol. The van der Waals surface area contributed by atoms with Crippen molar-refractivity contribution in [3.8, 4) is 0 Å². The van der Waals surface area contributed by atoms with E-state index in [0.29, 0.717) is 0 Å². The molecule has 0 saturated heterocycles. The van der Waals surface area contributed by atoms with Gasteiger partial charge >= 0.3 is 0 Å². The zero-order valence-electron chi connectivity index (χ0n) is 8.34. The average molecular weight is 164 g/mol. The normalized spacial score (nSPS) is 18.3. The van der Waals surface area contributed by atoms with Crippen molar-refractivity contribution in [2.75, 3.05) is 0 Å². The highest BCUT2D eigenvalue weighted by molar-refractivity contribution is 5.16. The van der Waals surface area contributed by atoms with E-state index in [1.807, 2.05) is 0 Å². The van der Waals surface area contributed by atoms with Crippen LogP contribution in [0.15, 0.2) is 23.8 Å². The zero-order valence-corrected chi connectivity index (χ0v) is 8.34. The molecule has 1 aliphatic rings. The van der Waals surface area contributed by atoms with Crippen molar-refractivity contribution >= 4 is 0 Å². The highest BCUT2D eigenvalue weighted by Gasteiger charge is 2.10. The van der Waals surface area contributed by atoms with Crippen LogP contribution in [0.4, 0.5) is 0 Å². The lowest BCUT2D eigenvalue weighted by molar-refractivity contribution is 0.546. The summed E-state index contributed by atoms with van der Waals surface area (Å²) < 4.78 is 0. The molecule has 0 aromatic rings. The van der Waals surface area contributed by atoms with E-state index in [-0.39, 0.29) is 0 Å². The van der Waals surface area contributed by atoms with Crippen LogP contribution in [0.5, 0.6) is 0 Å². The Labute approximate surface area is 76.4 Å². The van der Waals surface area contributed by atoms with Crippen molar-refractivity contribution in [3.63, 3.8) is 0 Å². The molecule has 0 amide bonds. The summed E-state index contributed by atoms with van der Waals surface area (Å²) in [5.41, 5.74) is 1.69. The second-order valence-electron chi connectivity index (χ2n) is 3.85. The molecule has 1 rings (SSSR count). The van der Waals surface area contributed by atoms with Crippen LogP contribution in [0.2, 0.25) is 0 Å². The Balaban J connectivity index is 2.02. The molecule has 1 unspecified atom stereocenters. The highest BCUT2D eigenvalue weighted by atomic mass is 14.2. The standard InChI is InChI=1S/C12H20/c1-3-4-5-6-11(2)7-8-12-9-10-12/h3-4,8,11H,5-7,9-10H2,1-2H3/b4-3+. The molecule has 1 atom stereocenters. The summed E-state index contributed by atoms with van der Waals surface area (Å²) in [5, 5.41) is 0. The summed E-state index contributed by atoms with van der Waals surface area (Å²) in [6.07, 6.45) is 13.5. The third-order valence-electron chi connectivity index (χ3n) is 2.41. The number of allylic oxidation sites excluding steroid dienone is 4. The summed E-state index contributed by atoms with van der Waals surface area (Å²) in [6, 6.07) is 0. The Kier molecular flexibility index (Phi) is 4.13. The topological polar surface area (TPSA) is 0 Å². The van der Waals surface area contributed by atoms with Crippen LogP contribution in [0.25, 0.3) is 0 Å². The Morgan fingerprint density at radius 1 is 1.42 bits per heavy atom. The maximum atomic E-state index is 2.44. The van der Waals surface area contributed by atoms with Gasteiger partial charge in [-0.3, -0.25) is 0 Å². The quantitative estimate of drug-likeness (QED) is 0.537. The van der Waals surface area contributed by atoms with E-state index >= 15 is 0 Å². The third kappa shape index (κ3) is 4.38. The first kappa shape index (κ1) is 9.57. The van der Waals surface area contributed by atoms with E-state index < -0.39 is 0 Å². The van der Waals surface area contributed by atoms with E-state index in [1.165, 1.54) is 32.1 Å². The van der Waals surface area contributed by atoms with Gasteiger partial charge in [-0.25, -0.2) is 0 Å². The molecule has 0 heteroatoms. The first-order valence-electron chi connectivity index (χ1n) is 5.12. The minimum absolute atomic E-state index is 0.870. The first-order chi connectivity index (χ1) is 5.83. The van der Waals surface area contributed by atoms with Crippen molar-refractivity contribution in [3.05, 3.63) is 23.8 Å². The molecule has 0 heterocycles. The van der Waals surface area contributed by atoms with Crippen LogP contribution >= 0.6 is 0 Å². The molecule has 0 bridgehead atoms. The molecule has 0 aliphatic heterocycles. The molecule has 0 radical (unpaired) electrons. The Hall–Kier alpha value is -0.520. The molecule has 1 fully saturated rings. The van der Waals surface area contributed by atoms with Gasteiger partial charge in [0.2, 0.25) is 0 Å². The van der Waals surface area contributed by atoms with Crippen molar-refractivity contribution in [1.82, 2.24) is 0 Å². The molecule has 0 spiro atoms. The lowest BCUT2D eigenvalue weighted by Crippen LogP contribution is -1.90. The Morgan fingerprint density at radius 2 is 2.17 bits per heavy atom. The maximum absolute atomic E-state index is 2.44. The van der Waals surface area contributed by atoms with Gasteiger partial charge in [-0.15, -0.1) is 0 Å². The number of hydrogen-bond acceptors (Lipinski definition) is 0. The molecule has 1 saturated carbocycles. The molecule has 0 N–H and O–H groups in total. The smallest absolute Gasteiger partial charge is 0.0283 e. The molecule has 68 valence electrons. The van der Waals surface area contributed by atoms with Gasteiger partial charge in [0.05, 0.1) is 0 Å².